The van der Waals surface area contributed by atoms with E-state index in [0.29, 0.717) is 23.6 Å². The van der Waals surface area contributed by atoms with Crippen LogP contribution >= 0.6 is 0 Å². The Morgan fingerprint density at radius 3 is 2.62 bits per heavy atom. The number of aromatic nitrogens is 2. The van der Waals surface area contributed by atoms with E-state index < -0.39 is 12.1 Å². The van der Waals surface area contributed by atoms with E-state index in [1.807, 2.05) is 6.92 Å². The van der Waals surface area contributed by atoms with Gasteiger partial charge in [-0.15, -0.1) is 0 Å². The molecule has 2 heterocycles. The van der Waals surface area contributed by atoms with E-state index in [9.17, 15) is 19.5 Å². The van der Waals surface area contributed by atoms with E-state index in [0.717, 1.165) is 25.7 Å². The number of urea groups is 1. The molecule has 0 saturated heterocycles. The van der Waals surface area contributed by atoms with Crippen molar-refractivity contribution in [3.63, 3.8) is 0 Å². The van der Waals surface area contributed by atoms with E-state index in [2.05, 4.69) is 15.7 Å². The minimum Gasteiger partial charge on any atom is -0.485 e. The Labute approximate surface area is 235 Å². The van der Waals surface area contributed by atoms with Crippen LogP contribution in [0.1, 0.15) is 72.5 Å². The van der Waals surface area contributed by atoms with E-state index in [-0.39, 0.29) is 54.3 Å². The zero-order chi connectivity index (χ0) is 29.0. The Kier molecular flexibility index (Phi) is 9.34. The number of ether oxygens (including phenoxy) is 1. The van der Waals surface area contributed by atoms with E-state index >= 15 is 0 Å². The zero-order valence-corrected chi connectivity index (χ0v) is 24.1. The van der Waals surface area contributed by atoms with Crippen LogP contribution < -0.4 is 15.4 Å². The highest BCUT2D eigenvalue weighted by molar-refractivity contribution is 6.06. The first-order valence-electron chi connectivity index (χ1n) is 14.1. The number of aliphatic hydroxyl groups excluding tert-OH is 1. The normalized spacial score (nSPS) is 20.6. The number of anilines is 1. The molecule has 218 valence electrons. The number of nitrogens with one attached hydrogen (secondary N) is 2. The van der Waals surface area contributed by atoms with E-state index in [1.165, 1.54) is 11.1 Å². The van der Waals surface area contributed by atoms with Gasteiger partial charge in [-0.05, 0) is 44.9 Å². The van der Waals surface area contributed by atoms with Crippen LogP contribution in [0.15, 0.2) is 24.3 Å². The molecule has 4 amide bonds. The van der Waals surface area contributed by atoms with Crippen LogP contribution in [0.2, 0.25) is 0 Å². The number of benzene rings is 1. The second kappa shape index (κ2) is 12.7. The molecule has 40 heavy (non-hydrogen) atoms. The predicted molar refractivity (Wildman–Crippen MR) is 152 cm³/mol. The highest BCUT2D eigenvalue weighted by Gasteiger charge is 2.35. The zero-order valence-electron chi connectivity index (χ0n) is 24.1. The number of aryl methyl sites for hydroxylation is 2. The molecule has 1 aliphatic carbocycles. The molecule has 2 aliphatic rings. The molecule has 0 spiro atoms. The van der Waals surface area contributed by atoms with Crippen molar-refractivity contribution < 1.29 is 24.2 Å². The van der Waals surface area contributed by atoms with Gasteiger partial charge in [0, 0.05) is 32.6 Å². The SMILES string of the molecule is Cc1cc(C(=O)Nc2cccc3c2O[C@H](CN(C)C(=O)NC2CCCCC2)[C@H](C)CN([C@H](C)CO)C3=O)n(C)n1. The number of carbonyl (C=O) groups is 3. The summed E-state index contributed by atoms with van der Waals surface area (Å²) in [5, 5.41) is 20.2. The predicted octanol–water partition coefficient (Wildman–Crippen LogP) is 3.18. The third kappa shape index (κ3) is 6.57. The van der Waals surface area contributed by atoms with Gasteiger partial charge in [0.25, 0.3) is 11.8 Å². The Morgan fingerprint density at radius 2 is 1.98 bits per heavy atom. The monoisotopic (exact) mass is 554 g/mol. The molecule has 0 bridgehead atoms. The fourth-order valence-electron chi connectivity index (χ4n) is 5.45. The van der Waals surface area contributed by atoms with Gasteiger partial charge < -0.3 is 30.3 Å². The molecular formula is C29H42N6O5. The summed E-state index contributed by atoms with van der Waals surface area (Å²) in [6.45, 7) is 5.99. The summed E-state index contributed by atoms with van der Waals surface area (Å²) in [6, 6.07) is 6.32. The molecule has 11 nitrogen and oxygen atoms in total. The summed E-state index contributed by atoms with van der Waals surface area (Å²) in [5.41, 5.74) is 1.71. The summed E-state index contributed by atoms with van der Waals surface area (Å²) in [7, 11) is 3.43. The molecule has 3 atom stereocenters. The average Bonchev–Trinajstić information content (AvgIpc) is 3.28. The Morgan fingerprint density at radius 1 is 1.25 bits per heavy atom. The average molecular weight is 555 g/mol. The Balaban J connectivity index is 1.63. The van der Waals surface area contributed by atoms with Crippen molar-refractivity contribution in [3.05, 3.63) is 41.2 Å². The summed E-state index contributed by atoms with van der Waals surface area (Å²) >= 11 is 0. The number of hydrogen-bond donors (Lipinski definition) is 3. The topological polar surface area (TPSA) is 129 Å². The molecule has 1 aromatic carbocycles. The van der Waals surface area contributed by atoms with Crippen LogP contribution in [0, 0.1) is 12.8 Å². The number of para-hydroxylation sites is 1. The molecule has 1 fully saturated rings. The van der Waals surface area contributed by atoms with Gasteiger partial charge in [-0.2, -0.15) is 5.10 Å². The van der Waals surface area contributed by atoms with Crippen LogP contribution in [0.4, 0.5) is 10.5 Å². The lowest BCUT2D eigenvalue weighted by Gasteiger charge is -2.38. The molecule has 0 radical (unpaired) electrons. The second-order valence-electron chi connectivity index (χ2n) is 11.2. The quantitative estimate of drug-likeness (QED) is 0.482. The molecule has 1 saturated carbocycles. The maximum atomic E-state index is 13.7. The molecule has 4 rings (SSSR count). The van der Waals surface area contributed by atoms with Gasteiger partial charge in [0.2, 0.25) is 0 Å². The molecule has 1 aliphatic heterocycles. The fourth-order valence-corrected chi connectivity index (χ4v) is 5.45. The van der Waals surface area contributed by atoms with E-state index in [4.69, 9.17) is 4.74 Å². The summed E-state index contributed by atoms with van der Waals surface area (Å²) in [5.74, 6) is -0.617. The number of aliphatic hydroxyl groups is 1. The smallest absolute Gasteiger partial charge is 0.317 e. The van der Waals surface area contributed by atoms with Gasteiger partial charge in [-0.1, -0.05) is 32.3 Å². The van der Waals surface area contributed by atoms with Gasteiger partial charge in [-0.3, -0.25) is 14.3 Å². The summed E-state index contributed by atoms with van der Waals surface area (Å²) < 4.78 is 8.03. The fraction of sp³-hybridized carbons (Fsp3) is 0.586. The largest absolute Gasteiger partial charge is 0.485 e. The van der Waals surface area contributed by atoms with Gasteiger partial charge in [0.1, 0.15) is 11.8 Å². The van der Waals surface area contributed by atoms with Crippen molar-refractivity contribution in [2.75, 3.05) is 32.1 Å². The number of amides is 4. The Hall–Kier alpha value is -3.60. The lowest BCUT2D eigenvalue weighted by molar-refractivity contribution is 0.0367. The third-order valence-corrected chi connectivity index (χ3v) is 7.91. The second-order valence-corrected chi connectivity index (χ2v) is 11.2. The van der Waals surface area contributed by atoms with Crippen molar-refractivity contribution >= 4 is 23.5 Å². The number of likely N-dealkylation sites (N-methyl/N-ethyl adjacent to an activating group) is 1. The highest BCUT2D eigenvalue weighted by atomic mass is 16.5. The summed E-state index contributed by atoms with van der Waals surface area (Å²) in [6.07, 6.45) is 4.92. The first kappa shape index (κ1) is 29.4. The van der Waals surface area contributed by atoms with E-state index in [1.54, 1.807) is 62.0 Å². The molecule has 1 aromatic heterocycles. The third-order valence-electron chi connectivity index (χ3n) is 7.91. The minimum absolute atomic E-state index is 0.158. The molecule has 2 aromatic rings. The maximum absolute atomic E-state index is 13.7. The molecule has 11 heteroatoms. The number of rotatable bonds is 7. The standard InChI is InChI=1S/C29H42N6O5/c1-18-15-35(20(3)17-36)28(38)22-12-9-13-23(31-27(37)24-14-19(2)32-34(24)5)26(22)40-25(18)16-33(4)29(39)30-21-10-7-6-8-11-21/h9,12-14,18,20-21,25,36H,6-8,10-11,15-17H2,1-5H3,(H,30,39)(H,31,37)/t18-,20-,25-/m1/s1. The van der Waals surface area contributed by atoms with Crippen molar-refractivity contribution in [1.29, 1.82) is 0 Å². The number of nitrogens with zero attached hydrogens (tertiary/aromatic N) is 4. The van der Waals surface area contributed by atoms with Crippen molar-refractivity contribution in [2.45, 2.75) is 71.1 Å². The maximum Gasteiger partial charge on any atom is 0.317 e. The van der Waals surface area contributed by atoms with Gasteiger partial charge in [0.05, 0.1) is 36.1 Å². The number of fused-ring (bicyclic) bond motifs is 1. The van der Waals surface area contributed by atoms with Gasteiger partial charge in [-0.25, -0.2) is 4.79 Å². The lowest BCUT2D eigenvalue weighted by atomic mass is 9.96. The first-order chi connectivity index (χ1) is 19.1. The van der Waals surface area contributed by atoms with Crippen LogP contribution in [-0.4, -0.2) is 87.5 Å². The first-order valence-corrected chi connectivity index (χ1v) is 14.1. The minimum atomic E-state index is -0.487. The number of carbonyl (C=O) groups excluding carboxylic acids is 3. The van der Waals surface area contributed by atoms with Crippen LogP contribution in [0.5, 0.6) is 5.75 Å². The summed E-state index contributed by atoms with van der Waals surface area (Å²) in [4.78, 5) is 43.2. The molecular weight excluding hydrogens is 512 g/mol. The van der Waals surface area contributed by atoms with Crippen LogP contribution in [0.3, 0.4) is 0 Å². The molecule has 3 N–H and O–H groups in total. The Bertz CT molecular complexity index is 1220. The van der Waals surface area contributed by atoms with Gasteiger partial charge in [0.15, 0.2) is 5.75 Å². The highest BCUT2D eigenvalue weighted by Crippen LogP contribution is 2.35. The number of hydrogen-bond acceptors (Lipinski definition) is 6. The van der Waals surface area contributed by atoms with Gasteiger partial charge >= 0.3 is 6.03 Å². The van der Waals surface area contributed by atoms with Crippen molar-refractivity contribution in [1.82, 2.24) is 24.9 Å². The van der Waals surface area contributed by atoms with Crippen molar-refractivity contribution in [3.8, 4) is 5.75 Å². The lowest BCUT2D eigenvalue weighted by Crippen LogP contribution is -2.52. The van der Waals surface area contributed by atoms with Crippen molar-refractivity contribution in [2.24, 2.45) is 13.0 Å². The molecule has 0 unspecified atom stereocenters. The van der Waals surface area contributed by atoms with Crippen LogP contribution in [0.25, 0.3) is 0 Å². The van der Waals surface area contributed by atoms with Crippen LogP contribution in [-0.2, 0) is 7.05 Å².